The van der Waals surface area contributed by atoms with E-state index in [1.54, 1.807) is 33.9 Å². The predicted molar refractivity (Wildman–Crippen MR) is 149 cm³/mol. The Labute approximate surface area is 235 Å². The molecule has 0 spiro atoms. The molecule has 1 amide bonds. The number of nitrogens with one attached hydrogen (secondary N) is 1. The Kier molecular flexibility index (Phi) is 7.05. The lowest BCUT2D eigenvalue weighted by atomic mass is 9.93. The number of hydrogen-bond donors (Lipinski definition) is 1. The van der Waals surface area contributed by atoms with Gasteiger partial charge in [0.2, 0.25) is 5.88 Å². The largest absolute Gasteiger partial charge is 0.477 e. The van der Waals surface area contributed by atoms with Crippen LogP contribution in [0, 0.1) is 11.8 Å². The van der Waals surface area contributed by atoms with E-state index in [0.29, 0.717) is 36.6 Å². The van der Waals surface area contributed by atoms with Crippen LogP contribution in [0.2, 0.25) is 0 Å². The molecule has 11 nitrogen and oxygen atoms in total. The molecule has 1 N–H and O–H groups in total. The van der Waals surface area contributed by atoms with Gasteiger partial charge in [-0.2, -0.15) is 13.5 Å². The SMILES string of the molecule is CC1(C)C[C@@H]2CCCn3ccc(n3)S(=O)(=O)NC(=O)c3ccc(-n4ccc(OCCC5CCCC5)n4)nc3N1C2. The lowest BCUT2D eigenvalue weighted by Crippen LogP contribution is -2.41. The van der Waals surface area contributed by atoms with Crippen molar-refractivity contribution in [3.05, 3.63) is 42.2 Å². The zero-order valence-electron chi connectivity index (χ0n) is 23.1. The summed E-state index contributed by atoms with van der Waals surface area (Å²) >= 11 is 0. The Morgan fingerprint density at radius 1 is 1.05 bits per heavy atom. The van der Waals surface area contributed by atoms with Gasteiger partial charge in [-0.15, -0.1) is 5.10 Å². The van der Waals surface area contributed by atoms with Crippen LogP contribution in [0.3, 0.4) is 0 Å². The van der Waals surface area contributed by atoms with Gasteiger partial charge in [-0.3, -0.25) is 9.48 Å². The van der Waals surface area contributed by atoms with Crippen molar-refractivity contribution in [1.82, 2.24) is 29.3 Å². The fraction of sp³-hybridized carbons (Fsp3) is 0.571. The minimum Gasteiger partial charge on any atom is -0.477 e. The third-order valence-electron chi connectivity index (χ3n) is 8.49. The van der Waals surface area contributed by atoms with Crippen LogP contribution >= 0.6 is 0 Å². The van der Waals surface area contributed by atoms with Crippen molar-refractivity contribution in [2.45, 2.75) is 82.3 Å². The van der Waals surface area contributed by atoms with Crippen LogP contribution in [-0.4, -0.2) is 57.6 Å². The van der Waals surface area contributed by atoms with Gasteiger partial charge in [0.15, 0.2) is 10.8 Å². The molecule has 0 aromatic carbocycles. The molecule has 1 aliphatic carbocycles. The highest BCUT2D eigenvalue weighted by molar-refractivity contribution is 7.90. The minimum atomic E-state index is -4.15. The number of aromatic nitrogens is 5. The Hall–Kier alpha value is -3.41. The average Bonchev–Trinajstić information content (AvgIpc) is 3.71. The van der Waals surface area contributed by atoms with E-state index in [1.807, 2.05) is 6.07 Å². The number of fused-ring (bicyclic) bond motifs is 6. The van der Waals surface area contributed by atoms with E-state index in [9.17, 15) is 13.2 Å². The van der Waals surface area contributed by atoms with Crippen LogP contribution in [-0.2, 0) is 16.6 Å². The van der Waals surface area contributed by atoms with Crippen LogP contribution in [0.15, 0.2) is 41.7 Å². The maximum atomic E-state index is 13.4. The molecule has 0 radical (unpaired) electrons. The summed E-state index contributed by atoms with van der Waals surface area (Å²) < 4.78 is 37.4. The quantitative estimate of drug-likeness (QED) is 0.492. The van der Waals surface area contributed by atoms with Crippen molar-refractivity contribution in [2.24, 2.45) is 11.8 Å². The third-order valence-corrected chi connectivity index (χ3v) is 9.71. The Balaban J connectivity index is 1.31. The summed E-state index contributed by atoms with van der Waals surface area (Å²) in [6.07, 6.45) is 12.4. The first-order chi connectivity index (χ1) is 19.2. The van der Waals surface area contributed by atoms with Crippen LogP contribution < -0.4 is 14.4 Å². The van der Waals surface area contributed by atoms with Crippen molar-refractivity contribution >= 4 is 21.7 Å². The summed E-state index contributed by atoms with van der Waals surface area (Å²) in [5.41, 5.74) is -0.0841. The predicted octanol–water partition coefficient (Wildman–Crippen LogP) is 3.94. The zero-order valence-corrected chi connectivity index (χ0v) is 23.9. The smallest absolute Gasteiger partial charge is 0.283 e. The number of sulfonamides is 1. The van der Waals surface area contributed by atoms with Gasteiger partial charge in [-0.1, -0.05) is 25.7 Å². The highest BCUT2D eigenvalue weighted by Crippen LogP contribution is 2.40. The molecular formula is C28H37N7O4S. The van der Waals surface area contributed by atoms with E-state index in [4.69, 9.17) is 9.72 Å². The lowest BCUT2D eigenvalue weighted by molar-refractivity contribution is 0.0981. The second-order valence-corrected chi connectivity index (χ2v) is 13.5. The summed E-state index contributed by atoms with van der Waals surface area (Å²) in [5, 5.41) is 8.59. The molecular weight excluding hydrogens is 530 g/mol. The van der Waals surface area contributed by atoms with Gasteiger partial charge >= 0.3 is 0 Å². The van der Waals surface area contributed by atoms with Crippen LogP contribution in [0.1, 0.15) is 75.6 Å². The lowest BCUT2D eigenvalue weighted by Gasteiger charge is -2.34. The van der Waals surface area contributed by atoms with Gasteiger partial charge in [0.1, 0.15) is 5.82 Å². The number of amides is 1. The van der Waals surface area contributed by atoms with Gasteiger partial charge in [0.05, 0.1) is 12.2 Å². The molecule has 3 aromatic heterocycles. The summed E-state index contributed by atoms with van der Waals surface area (Å²) in [4.78, 5) is 20.5. The Morgan fingerprint density at radius 3 is 2.70 bits per heavy atom. The summed E-state index contributed by atoms with van der Waals surface area (Å²) in [6.45, 7) is 6.25. The van der Waals surface area contributed by atoms with Crippen LogP contribution in [0.25, 0.3) is 5.82 Å². The first-order valence-corrected chi connectivity index (χ1v) is 15.7. The molecule has 0 unspecified atom stereocenters. The number of rotatable bonds is 5. The number of carbonyl (C=O) groups is 1. The van der Waals surface area contributed by atoms with Gasteiger partial charge in [0.25, 0.3) is 15.9 Å². The molecule has 1 saturated heterocycles. The second-order valence-electron chi connectivity index (χ2n) is 11.9. The summed E-state index contributed by atoms with van der Waals surface area (Å²) in [7, 11) is -4.15. The highest BCUT2D eigenvalue weighted by atomic mass is 32.2. The molecule has 2 fully saturated rings. The van der Waals surface area contributed by atoms with E-state index in [0.717, 1.165) is 38.1 Å². The van der Waals surface area contributed by atoms with E-state index in [-0.39, 0.29) is 16.1 Å². The van der Waals surface area contributed by atoms with E-state index in [2.05, 4.69) is 33.7 Å². The van der Waals surface area contributed by atoms with Gasteiger partial charge in [0, 0.05) is 37.1 Å². The number of hydrogen-bond acceptors (Lipinski definition) is 8. The maximum Gasteiger partial charge on any atom is 0.283 e. The van der Waals surface area contributed by atoms with Crippen LogP contribution in [0.5, 0.6) is 5.88 Å². The van der Waals surface area contributed by atoms with E-state index < -0.39 is 15.9 Å². The van der Waals surface area contributed by atoms with Crippen molar-refractivity contribution in [1.29, 1.82) is 0 Å². The normalized spacial score (nSPS) is 22.5. The highest BCUT2D eigenvalue weighted by Gasteiger charge is 2.41. The van der Waals surface area contributed by atoms with Gasteiger partial charge in [-0.05, 0) is 69.6 Å². The van der Waals surface area contributed by atoms with Crippen molar-refractivity contribution in [3.63, 3.8) is 0 Å². The topological polar surface area (TPSA) is 124 Å². The van der Waals surface area contributed by atoms with E-state index >= 15 is 0 Å². The van der Waals surface area contributed by atoms with Gasteiger partial charge < -0.3 is 9.64 Å². The monoisotopic (exact) mass is 567 g/mol. The van der Waals surface area contributed by atoms with E-state index in [1.165, 1.54) is 31.7 Å². The summed E-state index contributed by atoms with van der Waals surface area (Å²) in [6, 6.07) is 6.54. The minimum absolute atomic E-state index is 0.176. The molecule has 40 heavy (non-hydrogen) atoms. The first-order valence-electron chi connectivity index (χ1n) is 14.3. The van der Waals surface area contributed by atoms with Crippen LogP contribution in [0.4, 0.5) is 5.82 Å². The first kappa shape index (κ1) is 26.8. The number of anilines is 1. The number of aryl methyl sites for hydroxylation is 1. The molecule has 3 aromatic rings. The fourth-order valence-corrected chi connectivity index (χ4v) is 7.34. The average molecular weight is 568 g/mol. The number of carbonyl (C=O) groups excluding carboxylic acids is 1. The Morgan fingerprint density at radius 2 is 1.88 bits per heavy atom. The molecule has 3 aliphatic rings. The molecule has 214 valence electrons. The van der Waals surface area contributed by atoms with Crippen molar-refractivity contribution in [2.75, 3.05) is 18.1 Å². The van der Waals surface area contributed by atoms with Gasteiger partial charge in [-0.25, -0.2) is 14.4 Å². The zero-order chi connectivity index (χ0) is 27.9. The maximum absolute atomic E-state index is 13.4. The number of ether oxygens (including phenoxy) is 1. The summed E-state index contributed by atoms with van der Waals surface area (Å²) in [5.74, 6) is 1.91. The standard InChI is InChI=1S/C28H37N7O4S/c1-28(2)18-21-8-5-14-33-15-12-25(31-33)40(37,38)32-27(36)22-9-10-23(29-26(22)34(28)19-21)35-16-11-24(30-35)39-17-13-20-6-3-4-7-20/h9-12,15-16,20-21H,3-8,13-14,17-19H2,1-2H3,(H,32,36)/t21-/m0/s1. The molecule has 5 heterocycles. The van der Waals surface area contributed by atoms with Crippen molar-refractivity contribution < 1.29 is 17.9 Å². The second kappa shape index (κ2) is 10.5. The number of pyridine rings is 1. The molecule has 2 aliphatic heterocycles. The molecule has 12 heteroatoms. The molecule has 4 bridgehead atoms. The Bertz CT molecular complexity index is 1490. The fourth-order valence-electron chi connectivity index (χ4n) is 6.43. The third kappa shape index (κ3) is 5.45. The molecule has 1 atom stereocenters. The molecule has 6 rings (SSSR count). The van der Waals surface area contributed by atoms with Crippen molar-refractivity contribution in [3.8, 4) is 11.7 Å². The molecule has 1 saturated carbocycles. The number of nitrogens with zero attached hydrogens (tertiary/aromatic N) is 6.